The van der Waals surface area contributed by atoms with Crippen LogP contribution >= 0.6 is 0 Å². The van der Waals surface area contributed by atoms with Crippen molar-refractivity contribution in [3.8, 4) is 22.5 Å². The second kappa shape index (κ2) is 11.5. The number of imidazole rings is 1. The number of ether oxygens (including phenoxy) is 1. The molecular formula is C31H36FN3O3. The highest BCUT2D eigenvalue weighted by Gasteiger charge is 2.26. The number of aliphatic hydroxyl groups excluding tert-OH is 1. The normalized spacial score (nSPS) is 20.7. The van der Waals surface area contributed by atoms with E-state index in [0.29, 0.717) is 12.5 Å². The summed E-state index contributed by atoms with van der Waals surface area (Å²) in [6, 6.07) is 15.2. The van der Waals surface area contributed by atoms with Crippen molar-refractivity contribution in [3.63, 3.8) is 0 Å². The molecule has 0 amide bonds. The molecule has 1 aliphatic heterocycles. The van der Waals surface area contributed by atoms with Crippen LogP contribution < -0.4 is 5.32 Å². The number of hydrogen-bond acceptors (Lipinski definition) is 5. The minimum atomic E-state index is -0.718. The number of hydrogen-bond donors (Lipinski definition) is 2. The van der Waals surface area contributed by atoms with Crippen LogP contribution in [0.5, 0.6) is 0 Å². The Bertz CT molecular complexity index is 1290. The van der Waals surface area contributed by atoms with Crippen molar-refractivity contribution in [2.45, 2.75) is 83.0 Å². The van der Waals surface area contributed by atoms with Crippen LogP contribution in [0.2, 0.25) is 0 Å². The van der Waals surface area contributed by atoms with E-state index < -0.39 is 18.2 Å². The Morgan fingerprint density at radius 1 is 1.11 bits per heavy atom. The summed E-state index contributed by atoms with van der Waals surface area (Å²) in [4.78, 5) is 17.0. The lowest BCUT2D eigenvalue weighted by Gasteiger charge is -2.24. The molecule has 1 aromatic heterocycles. The fraction of sp³-hybridized carbons (Fsp3) is 0.419. The van der Waals surface area contributed by atoms with Crippen LogP contribution in [0.3, 0.4) is 0 Å². The van der Waals surface area contributed by atoms with E-state index in [9.17, 15) is 14.3 Å². The second-order valence-corrected chi connectivity index (χ2v) is 10.7. The van der Waals surface area contributed by atoms with Gasteiger partial charge in [-0.05, 0) is 55.3 Å². The van der Waals surface area contributed by atoms with Crippen LogP contribution in [-0.4, -0.2) is 38.9 Å². The molecule has 0 bridgehead atoms. The van der Waals surface area contributed by atoms with Crippen molar-refractivity contribution < 1.29 is 19.0 Å². The van der Waals surface area contributed by atoms with Gasteiger partial charge in [-0.25, -0.2) is 9.37 Å². The number of nitrogens with zero attached hydrogens (tertiary/aromatic N) is 2. The number of carbonyl (C=O) groups is 1. The predicted molar refractivity (Wildman–Crippen MR) is 148 cm³/mol. The van der Waals surface area contributed by atoms with E-state index >= 15 is 0 Å². The lowest BCUT2D eigenvalue weighted by molar-refractivity contribution is -0.156. The van der Waals surface area contributed by atoms with Crippen LogP contribution in [0.1, 0.15) is 70.5 Å². The maximum absolute atomic E-state index is 13.9. The second-order valence-electron chi connectivity index (χ2n) is 10.7. The topological polar surface area (TPSA) is 76.4 Å². The highest BCUT2D eigenvalue weighted by Crippen LogP contribution is 2.37. The Hall–Kier alpha value is -3.45. The molecule has 6 nitrogen and oxygen atoms in total. The van der Waals surface area contributed by atoms with Gasteiger partial charge in [-0.15, -0.1) is 0 Å². The molecule has 2 aliphatic rings. The Kier molecular flexibility index (Phi) is 7.93. The van der Waals surface area contributed by atoms with Crippen molar-refractivity contribution in [3.05, 3.63) is 66.2 Å². The number of nitrogens with one attached hydrogen (secondary N) is 1. The molecule has 0 unspecified atom stereocenters. The van der Waals surface area contributed by atoms with Crippen LogP contribution in [-0.2, 0) is 9.53 Å². The number of aliphatic hydroxyl groups is 1. The Morgan fingerprint density at radius 3 is 2.58 bits per heavy atom. The summed E-state index contributed by atoms with van der Waals surface area (Å²) in [5, 5.41) is 13.8. The number of halogens is 1. The highest BCUT2D eigenvalue weighted by atomic mass is 19.1. The van der Waals surface area contributed by atoms with E-state index in [-0.39, 0.29) is 18.2 Å². The largest absolute Gasteiger partial charge is 0.458 e. The predicted octanol–water partition coefficient (Wildman–Crippen LogP) is 6.76. The molecule has 7 heteroatoms. The summed E-state index contributed by atoms with van der Waals surface area (Å²) in [5.41, 5.74) is 4.51. The number of anilines is 1. The van der Waals surface area contributed by atoms with Gasteiger partial charge in [-0.3, -0.25) is 4.79 Å². The van der Waals surface area contributed by atoms with Crippen molar-refractivity contribution in [2.24, 2.45) is 0 Å². The van der Waals surface area contributed by atoms with Gasteiger partial charge < -0.3 is 19.7 Å². The summed E-state index contributed by atoms with van der Waals surface area (Å²) in [6.07, 6.45) is 8.97. The standard InChI is InChI=1S/C31H36FN3O3/c1-20(2)31-34-29(22-7-6-10-25(17-22)33-24-8-4-3-5-9-24)30(21-11-13-23(32)14-12-21)35(31)16-15-27-18-26(36)19-28(37)38-27/h6-7,10-17,20,24,26-27,33,36H,3-5,8-9,18-19H2,1-2H3/b16-15+/t26-,27-/m1/s1. The zero-order valence-electron chi connectivity index (χ0n) is 22.1. The lowest BCUT2D eigenvalue weighted by atomic mass is 9.95. The molecule has 2 heterocycles. The van der Waals surface area contributed by atoms with Gasteiger partial charge >= 0.3 is 5.97 Å². The average molecular weight is 518 g/mol. The van der Waals surface area contributed by atoms with E-state index in [1.807, 2.05) is 16.8 Å². The first kappa shape index (κ1) is 26.2. The molecular weight excluding hydrogens is 481 g/mol. The Labute approximate surface area is 223 Å². The van der Waals surface area contributed by atoms with Crippen molar-refractivity contribution in [2.75, 3.05) is 5.32 Å². The van der Waals surface area contributed by atoms with E-state index in [2.05, 4.69) is 37.4 Å². The van der Waals surface area contributed by atoms with Crippen molar-refractivity contribution >= 4 is 17.9 Å². The fourth-order valence-electron chi connectivity index (χ4n) is 5.44. The summed E-state index contributed by atoms with van der Waals surface area (Å²) >= 11 is 0. The van der Waals surface area contributed by atoms with E-state index in [4.69, 9.17) is 9.72 Å². The smallest absolute Gasteiger partial charge is 0.309 e. The molecule has 3 aromatic rings. The molecule has 2 N–H and O–H groups in total. The third kappa shape index (κ3) is 5.99. The van der Waals surface area contributed by atoms with Crippen LogP contribution in [0, 0.1) is 5.82 Å². The van der Waals surface area contributed by atoms with Gasteiger partial charge in [0, 0.05) is 41.4 Å². The number of rotatable bonds is 7. The first-order chi connectivity index (χ1) is 18.4. The van der Waals surface area contributed by atoms with Gasteiger partial charge in [0.1, 0.15) is 17.7 Å². The van der Waals surface area contributed by atoms with E-state index in [1.54, 1.807) is 18.2 Å². The molecule has 2 aromatic carbocycles. The molecule has 1 saturated heterocycles. The number of esters is 1. The van der Waals surface area contributed by atoms with Gasteiger partial charge in [0.15, 0.2) is 0 Å². The van der Waals surface area contributed by atoms with Crippen molar-refractivity contribution in [1.82, 2.24) is 9.55 Å². The fourth-order valence-corrected chi connectivity index (χ4v) is 5.44. The zero-order chi connectivity index (χ0) is 26.6. The molecule has 1 saturated carbocycles. The van der Waals surface area contributed by atoms with Crippen LogP contribution in [0.25, 0.3) is 28.7 Å². The summed E-state index contributed by atoms with van der Waals surface area (Å²) in [5.74, 6) is 0.220. The summed E-state index contributed by atoms with van der Waals surface area (Å²) in [6.45, 7) is 4.16. The van der Waals surface area contributed by atoms with Crippen LogP contribution in [0.15, 0.2) is 54.6 Å². The van der Waals surface area contributed by atoms with Gasteiger partial charge in [0.05, 0.1) is 23.9 Å². The SMILES string of the molecule is CC(C)c1nc(-c2cccc(NC3CCCCC3)c2)c(-c2ccc(F)cc2)n1/C=C/[C@@H]1C[C@@H](O)CC(=O)O1. The molecule has 0 radical (unpaired) electrons. The average Bonchev–Trinajstić information content (AvgIpc) is 3.28. The lowest BCUT2D eigenvalue weighted by Crippen LogP contribution is -2.31. The number of carbonyl (C=O) groups excluding carboxylic acids is 1. The molecule has 38 heavy (non-hydrogen) atoms. The van der Waals surface area contributed by atoms with Gasteiger partial charge in [-0.2, -0.15) is 0 Å². The zero-order valence-corrected chi connectivity index (χ0v) is 22.1. The van der Waals surface area contributed by atoms with E-state index in [0.717, 1.165) is 34.0 Å². The van der Waals surface area contributed by atoms with Crippen molar-refractivity contribution in [1.29, 1.82) is 0 Å². The molecule has 2 fully saturated rings. The third-order valence-corrected chi connectivity index (χ3v) is 7.32. The molecule has 0 spiro atoms. The first-order valence-electron chi connectivity index (χ1n) is 13.7. The van der Waals surface area contributed by atoms with E-state index in [1.165, 1.54) is 44.2 Å². The van der Waals surface area contributed by atoms with Gasteiger partial charge in [0.2, 0.25) is 0 Å². The monoisotopic (exact) mass is 517 g/mol. The Morgan fingerprint density at radius 2 is 1.87 bits per heavy atom. The van der Waals surface area contributed by atoms with Gasteiger partial charge in [-0.1, -0.05) is 45.2 Å². The quantitative estimate of drug-likeness (QED) is 0.339. The molecule has 2 atom stereocenters. The summed E-state index contributed by atoms with van der Waals surface area (Å²) < 4.78 is 21.3. The number of aromatic nitrogens is 2. The Balaban J connectivity index is 1.58. The molecule has 1 aliphatic carbocycles. The first-order valence-corrected chi connectivity index (χ1v) is 13.7. The van der Waals surface area contributed by atoms with Crippen LogP contribution in [0.4, 0.5) is 10.1 Å². The minimum Gasteiger partial charge on any atom is -0.458 e. The highest BCUT2D eigenvalue weighted by molar-refractivity contribution is 5.82. The maximum atomic E-state index is 13.9. The molecule has 200 valence electrons. The minimum absolute atomic E-state index is 0.0167. The third-order valence-electron chi connectivity index (χ3n) is 7.32. The summed E-state index contributed by atoms with van der Waals surface area (Å²) in [7, 11) is 0. The number of cyclic esters (lactones) is 1. The molecule has 5 rings (SSSR count). The van der Waals surface area contributed by atoms with Gasteiger partial charge in [0.25, 0.3) is 0 Å². The number of benzene rings is 2. The maximum Gasteiger partial charge on any atom is 0.309 e.